The third-order valence-corrected chi connectivity index (χ3v) is 5.54. The molecule has 0 aromatic heterocycles. The van der Waals surface area contributed by atoms with Gasteiger partial charge in [-0.2, -0.15) is 0 Å². The van der Waals surface area contributed by atoms with E-state index in [2.05, 4.69) is 10.6 Å². The number of carbonyl (C=O) groups excluding carboxylic acids is 1. The van der Waals surface area contributed by atoms with Crippen molar-refractivity contribution in [2.75, 3.05) is 6.54 Å². The van der Waals surface area contributed by atoms with Crippen LogP contribution in [-0.2, 0) is 4.74 Å². The molecule has 0 aliphatic carbocycles. The topological polar surface area (TPSA) is 50.4 Å². The normalized spacial score (nSPS) is 24.4. The largest absolute Gasteiger partial charge is 0.436 e. The lowest BCUT2D eigenvalue weighted by Crippen LogP contribution is -2.42. The monoisotopic (exact) mass is 350 g/mol. The molecule has 0 radical (unpaired) electrons. The van der Waals surface area contributed by atoms with Crippen molar-refractivity contribution in [3.63, 3.8) is 0 Å². The van der Waals surface area contributed by atoms with Crippen LogP contribution in [0.15, 0.2) is 60.7 Å². The molecular weight excluding hydrogens is 324 g/mol. The molecule has 2 aromatic carbocycles. The molecule has 26 heavy (non-hydrogen) atoms. The summed E-state index contributed by atoms with van der Waals surface area (Å²) in [4.78, 5) is 12.5. The highest BCUT2D eigenvalue weighted by Crippen LogP contribution is 2.30. The fourth-order valence-electron chi connectivity index (χ4n) is 4.30. The number of piperidine rings is 1. The summed E-state index contributed by atoms with van der Waals surface area (Å²) < 4.78 is 5.82. The summed E-state index contributed by atoms with van der Waals surface area (Å²) in [6.07, 6.45) is 4.12. The van der Waals surface area contributed by atoms with Gasteiger partial charge < -0.3 is 15.4 Å². The molecule has 1 amide bonds. The van der Waals surface area contributed by atoms with Crippen LogP contribution in [0.1, 0.15) is 42.9 Å². The second-order valence-corrected chi connectivity index (χ2v) is 7.46. The first-order valence-electron chi connectivity index (χ1n) is 9.58. The number of hydrogen-bond donors (Lipinski definition) is 2. The summed E-state index contributed by atoms with van der Waals surface area (Å²) in [5, 5.41) is 6.64. The Kier molecular flexibility index (Phi) is 5.21. The van der Waals surface area contributed by atoms with Crippen LogP contribution in [-0.4, -0.2) is 24.7 Å². The van der Waals surface area contributed by atoms with Gasteiger partial charge in [-0.05, 0) is 42.7 Å². The predicted octanol–water partition coefficient (Wildman–Crippen LogP) is 4.03. The molecule has 2 unspecified atom stereocenters. The van der Waals surface area contributed by atoms with Gasteiger partial charge in [0.1, 0.15) is 0 Å². The van der Waals surface area contributed by atoms with Crippen molar-refractivity contribution in [2.24, 2.45) is 5.92 Å². The van der Waals surface area contributed by atoms with Crippen LogP contribution < -0.4 is 10.6 Å². The summed E-state index contributed by atoms with van der Waals surface area (Å²) >= 11 is 0. The van der Waals surface area contributed by atoms with Crippen LogP contribution in [0.25, 0.3) is 0 Å². The van der Waals surface area contributed by atoms with Crippen molar-refractivity contribution in [2.45, 2.75) is 43.9 Å². The van der Waals surface area contributed by atoms with Crippen molar-refractivity contribution in [3.8, 4) is 0 Å². The van der Waals surface area contributed by atoms with Crippen molar-refractivity contribution in [1.29, 1.82) is 0 Å². The van der Waals surface area contributed by atoms with Crippen LogP contribution in [0.2, 0.25) is 0 Å². The van der Waals surface area contributed by atoms with Gasteiger partial charge >= 0.3 is 6.09 Å². The van der Waals surface area contributed by atoms with E-state index in [1.165, 1.54) is 12.8 Å². The van der Waals surface area contributed by atoms with E-state index in [0.717, 1.165) is 24.0 Å². The Balaban J connectivity index is 1.38. The fourth-order valence-corrected chi connectivity index (χ4v) is 4.30. The Hall–Kier alpha value is -2.33. The number of ether oxygens (including phenoxy) is 1. The zero-order chi connectivity index (χ0) is 17.8. The van der Waals surface area contributed by atoms with Crippen LogP contribution in [0.4, 0.5) is 4.79 Å². The molecule has 0 saturated carbocycles. The lowest BCUT2D eigenvalue weighted by Gasteiger charge is -2.29. The number of rotatable bonds is 5. The van der Waals surface area contributed by atoms with Gasteiger partial charge in [0, 0.05) is 18.6 Å². The quantitative estimate of drug-likeness (QED) is 0.856. The first-order chi connectivity index (χ1) is 12.8. The van der Waals surface area contributed by atoms with Crippen LogP contribution in [0.5, 0.6) is 0 Å². The lowest BCUT2D eigenvalue weighted by atomic mass is 9.92. The molecular formula is C22H26N2O2. The van der Waals surface area contributed by atoms with E-state index in [-0.39, 0.29) is 12.2 Å². The number of nitrogens with one attached hydrogen (secondary N) is 2. The number of hydrogen-bond acceptors (Lipinski definition) is 3. The minimum absolute atomic E-state index is 0.339. The Morgan fingerprint density at radius 2 is 1.50 bits per heavy atom. The third-order valence-electron chi connectivity index (χ3n) is 5.54. The predicted molar refractivity (Wildman–Crippen MR) is 102 cm³/mol. The van der Waals surface area contributed by atoms with E-state index in [4.69, 9.17) is 4.74 Å². The molecule has 2 fully saturated rings. The number of fused-ring (bicyclic) bond motifs is 2. The summed E-state index contributed by atoms with van der Waals surface area (Å²) in [7, 11) is 0. The maximum atomic E-state index is 12.5. The van der Waals surface area contributed by atoms with Crippen molar-refractivity contribution in [1.82, 2.24) is 10.6 Å². The second kappa shape index (κ2) is 7.92. The van der Waals surface area contributed by atoms with Crippen LogP contribution >= 0.6 is 0 Å². The van der Waals surface area contributed by atoms with Gasteiger partial charge in [0.05, 0.1) is 0 Å². The average Bonchev–Trinajstić information content (AvgIpc) is 3.04. The first kappa shape index (κ1) is 17.1. The van der Waals surface area contributed by atoms with Gasteiger partial charge in [-0.15, -0.1) is 0 Å². The third kappa shape index (κ3) is 4.07. The molecule has 2 heterocycles. The van der Waals surface area contributed by atoms with E-state index >= 15 is 0 Å². The summed E-state index contributed by atoms with van der Waals surface area (Å²) in [5.41, 5.74) is 1.96. The van der Waals surface area contributed by atoms with Gasteiger partial charge in [-0.25, -0.2) is 4.79 Å². The van der Waals surface area contributed by atoms with Crippen molar-refractivity contribution in [3.05, 3.63) is 71.8 Å². The average molecular weight is 350 g/mol. The highest BCUT2D eigenvalue weighted by molar-refractivity contribution is 5.68. The lowest BCUT2D eigenvalue weighted by molar-refractivity contribution is 0.114. The minimum atomic E-state index is -0.387. The highest BCUT2D eigenvalue weighted by Gasteiger charge is 2.33. The Labute approximate surface area is 155 Å². The maximum absolute atomic E-state index is 12.5. The maximum Gasteiger partial charge on any atom is 0.408 e. The molecule has 136 valence electrons. The zero-order valence-corrected chi connectivity index (χ0v) is 14.9. The number of alkyl carbamates (subject to hydrolysis) is 1. The van der Waals surface area contributed by atoms with Gasteiger partial charge in [-0.1, -0.05) is 60.7 Å². The fraction of sp³-hybridized carbons (Fsp3) is 0.409. The molecule has 2 aliphatic heterocycles. The highest BCUT2D eigenvalue weighted by atomic mass is 16.6. The number of carbonyl (C=O) groups is 1. The van der Waals surface area contributed by atoms with E-state index in [9.17, 15) is 4.79 Å². The van der Waals surface area contributed by atoms with Crippen LogP contribution in [0, 0.1) is 5.92 Å². The summed E-state index contributed by atoms with van der Waals surface area (Å²) in [6.45, 7) is 0.698. The molecule has 0 spiro atoms. The molecule has 2 N–H and O–H groups in total. The van der Waals surface area contributed by atoms with E-state index in [1.54, 1.807) is 0 Å². The molecule has 4 nitrogen and oxygen atoms in total. The van der Waals surface area contributed by atoms with Gasteiger partial charge in [0.2, 0.25) is 0 Å². The van der Waals surface area contributed by atoms with Gasteiger partial charge in [0.15, 0.2) is 6.10 Å². The molecule has 2 aromatic rings. The summed E-state index contributed by atoms with van der Waals surface area (Å²) in [5.74, 6) is 0.549. The molecule has 2 saturated heterocycles. The zero-order valence-electron chi connectivity index (χ0n) is 14.9. The summed E-state index contributed by atoms with van der Waals surface area (Å²) in [6, 6.07) is 21.1. The smallest absolute Gasteiger partial charge is 0.408 e. The van der Waals surface area contributed by atoms with Crippen molar-refractivity contribution < 1.29 is 9.53 Å². The molecule has 2 aliphatic rings. The number of benzene rings is 2. The van der Waals surface area contributed by atoms with E-state index < -0.39 is 0 Å². The standard InChI is InChI=1S/C22H26N2O2/c25-22(23-15-16-13-19-11-12-20(14-16)24-19)26-21(17-7-3-1-4-8-17)18-9-5-2-6-10-18/h1-10,16,19-21,24H,11-15H2,(H,23,25). The molecule has 2 bridgehead atoms. The second-order valence-electron chi connectivity index (χ2n) is 7.46. The molecule has 4 heteroatoms. The van der Waals surface area contributed by atoms with Gasteiger partial charge in [-0.3, -0.25) is 0 Å². The molecule has 2 atom stereocenters. The first-order valence-corrected chi connectivity index (χ1v) is 9.58. The Morgan fingerprint density at radius 3 is 2.04 bits per heavy atom. The SMILES string of the molecule is O=C(NCC1CC2CCC(C1)N2)OC(c1ccccc1)c1ccccc1. The van der Waals surface area contributed by atoms with E-state index in [0.29, 0.717) is 24.5 Å². The Bertz CT molecular complexity index is 668. The number of amides is 1. The Morgan fingerprint density at radius 1 is 0.962 bits per heavy atom. The van der Waals surface area contributed by atoms with E-state index in [1.807, 2.05) is 60.7 Å². The van der Waals surface area contributed by atoms with Crippen LogP contribution in [0.3, 0.4) is 0 Å². The minimum Gasteiger partial charge on any atom is -0.436 e. The molecule has 4 rings (SSSR count). The van der Waals surface area contributed by atoms with Gasteiger partial charge in [0.25, 0.3) is 0 Å². The van der Waals surface area contributed by atoms with Crippen molar-refractivity contribution >= 4 is 6.09 Å².